The molecule has 0 bridgehead atoms. The Labute approximate surface area is 245 Å². The van der Waals surface area contributed by atoms with Crippen molar-refractivity contribution in [2.24, 2.45) is 11.7 Å². The maximum absolute atomic E-state index is 14.4. The molecule has 1 aliphatic rings. The van der Waals surface area contributed by atoms with Gasteiger partial charge in [0.05, 0.1) is 0 Å². The second kappa shape index (κ2) is 15.7. The van der Waals surface area contributed by atoms with Crippen LogP contribution in [0.15, 0.2) is 24.3 Å². The van der Waals surface area contributed by atoms with Crippen molar-refractivity contribution in [1.29, 1.82) is 5.41 Å². The quantitative estimate of drug-likeness (QED) is 0.108. The maximum atomic E-state index is 14.4. The normalized spacial score (nSPS) is 24.0. The number of benzene rings is 1. The Hall–Kier alpha value is -4.23. The van der Waals surface area contributed by atoms with E-state index in [1.165, 1.54) is 25.1 Å². The van der Waals surface area contributed by atoms with Crippen LogP contribution in [0.25, 0.3) is 0 Å². The van der Waals surface area contributed by atoms with Gasteiger partial charge in [-0.15, -0.1) is 0 Å². The number of halogens is 1. The molecule has 13 nitrogen and oxygen atoms in total. The summed E-state index contributed by atoms with van der Waals surface area (Å²) in [7, 11) is 0. The van der Waals surface area contributed by atoms with Gasteiger partial charge in [0, 0.05) is 25.4 Å². The number of carbonyl (C=O) groups excluding carboxylic acids is 5. The van der Waals surface area contributed by atoms with Crippen LogP contribution in [0.3, 0.4) is 0 Å². The van der Waals surface area contributed by atoms with E-state index in [2.05, 4.69) is 31.9 Å². The first kappa shape index (κ1) is 34.0. The lowest BCUT2D eigenvalue weighted by Crippen LogP contribution is -2.63. The molecule has 0 aromatic heterocycles. The van der Waals surface area contributed by atoms with Gasteiger partial charge in [0.15, 0.2) is 5.96 Å². The molecule has 5 amide bonds. The van der Waals surface area contributed by atoms with E-state index in [0.717, 1.165) is 0 Å². The van der Waals surface area contributed by atoms with Gasteiger partial charge in [-0.05, 0) is 44.2 Å². The van der Waals surface area contributed by atoms with Crippen molar-refractivity contribution >= 4 is 35.5 Å². The Kier molecular flexibility index (Phi) is 12.7. The van der Waals surface area contributed by atoms with Gasteiger partial charge in [0.2, 0.25) is 29.5 Å². The molecule has 0 radical (unpaired) electrons. The molecular weight excluding hydrogens is 547 g/mol. The lowest BCUT2D eigenvalue weighted by molar-refractivity contribution is -0.138. The molecule has 232 valence electrons. The summed E-state index contributed by atoms with van der Waals surface area (Å²) in [4.78, 5) is 66.0. The molecule has 1 heterocycles. The number of carbonyl (C=O) groups is 5. The van der Waals surface area contributed by atoms with Crippen molar-refractivity contribution in [2.45, 2.75) is 83.5 Å². The smallest absolute Gasteiger partial charge is 0.246 e. The van der Waals surface area contributed by atoms with E-state index in [-0.39, 0.29) is 50.3 Å². The highest BCUT2D eigenvalue weighted by Gasteiger charge is 2.38. The van der Waals surface area contributed by atoms with Crippen LogP contribution in [0, 0.1) is 17.1 Å². The number of amides is 5. The fraction of sp³-hybridized carbons (Fsp3) is 0.571. The number of nitrogens with one attached hydrogen (secondary N) is 7. The van der Waals surface area contributed by atoms with Crippen LogP contribution in [0.2, 0.25) is 0 Å². The van der Waals surface area contributed by atoms with Crippen LogP contribution in [-0.4, -0.2) is 72.2 Å². The van der Waals surface area contributed by atoms with Gasteiger partial charge in [-0.3, -0.25) is 29.4 Å². The molecule has 42 heavy (non-hydrogen) atoms. The van der Waals surface area contributed by atoms with Gasteiger partial charge in [0.25, 0.3) is 0 Å². The molecule has 0 saturated carbocycles. The van der Waals surface area contributed by atoms with Gasteiger partial charge in [-0.2, -0.15) is 0 Å². The fourth-order valence-corrected chi connectivity index (χ4v) is 4.31. The van der Waals surface area contributed by atoms with Crippen molar-refractivity contribution in [2.75, 3.05) is 13.1 Å². The summed E-state index contributed by atoms with van der Waals surface area (Å²) in [6, 6.07) is 2.56. The Balaban J connectivity index is 2.43. The molecule has 9 N–H and O–H groups in total. The Morgan fingerprint density at radius 1 is 1.07 bits per heavy atom. The van der Waals surface area contributed by atoms with Crippen LogP contribution in [-0.2, 0) is 30.4 Å². The highest BCUT2D eigenvalue weighted by molar-refractivity contribution is 5.97. The van der Waals surface area contributed by atoms with Gasteiger partial charge >= 0.3 is 0 Å². The Morgan fingerprint density at radius 2 is 1.71 bits per heavy atom. The number of nitrogens with two attached hydrogens (primary N) is 1. The van der Waals surface area contributed by atoms with E-state index in [1.54, 1.807) is 26.8 Å². The zero-order chi connectivity index (χ0) is 31.4. The average molecular weight is 591 g/mol. The van der Waals surface area contributed by atoms with Crippen molar-refractivity contribution in [1.82, 2.24) is 31.9 Å². The SMILES string of the molecule is CC[C@@H]1NC(=O)[C@H](CCCNC(=N)N)NC(=O)[C@](C)(NC(=O)C(C)C)CCNC(=O)[C@@H](Cc2ccccc2F)NC1=O. The highest BCUT2D eigenvalue weighted by atomic mass is 19.1. The molecule has 2 rings (SSSR count). The first-order valence-corrected chi connectivity index (χ1v) is 14.1. The minimum atomic E-state index is -1.51. The molecular formula is C28H43FN8O5. The minimum absolute atomic E-state index is 0.0405. The Morgan fingerprint density at radius 3 is 2.33 bits per heavy atom. The second-order valence-electron chi connectivity index (χ2n) is 10.9. The van der Waals surface area contributed by atoms with Crippen LogP contribution in [0.4, 0.5) is 4.39 Å². The van der Waals surface area contributed by atoms with E-state index in [0.29, 0.717) is 6.42 Å². The van der Waals surface area contributed by atoms with Gasteiger partial charge in [-0.1, -0.05) is 39.0 Å². The standard InChI is InChI=1S/C28H43FN8O5/c1-5-19-24(40)35-21(15-17-9-6-7-10-18(17)29)23(39)32-14-12-28(4,37-22(38)16(2)3)26(42)36-20(25(41)34-19)11-8-13-33-27(30)31/h6-7,9-10,16,19-21H,5,8,11-15H2,1-4H3,(H,32,39)(H,34,41)(H,35,40)(H,36,42)(H,37,38)(H4,30,31,33)/t19-,20-,21+,28+/m0/s1. The molecule has 1 aliphatic heterocycles. The van der Waals surface area contributed by atoms with Crippen molar-refractivity contribution < 1.29 is 28.4 Å². The third-order valence-electron chi connectivity index (χ3n) is 7.01. The minimum Gasteiger partial charge on any atom is -0.370 e. The second-order valence-corrected chi connectivity index (χ2v) is 10.9. The van der Waals surface area contributed by atoms with Crippen LogP contribution in [0.5, 0.6) is 0 Å². The third kappa shape index (κ3) is 10.00. The highest BCUT2D eigenvalue weighted by Crippen LogP contribution is 2.15. The molecule has 0 unspecified atom stereocenters. The number of hydrogen-bond donors (Lipinski definition) is 8. The fourth-order valence-electron chi connectivity index (χ4n) is 4.31. The lowest BCUT2D eigenvalue weighted by Gasteiger charge is -2.33. The van der Waals surface area contributed by atoms with Crippen LogP contribution in [0.1, 0.15) is 58.9 Å². The summed E-state index contributed by atoms with van der Waals surface area (Å²) in [5.41, 5.74) is 4.03. The molecule has 1 saturated heterocycles. The topological polar surface area (TPSA) is 207 Å². The zero-order valence-electron chi connectivity index (χ0n) is 24.6. The predicted octanol–water partition coefficient (Wildman–Crippen LogP) is -0.453. The number of guanidine groups is 1. The van der Waals surface area contributed by atoms with Gasteiger partial charge < -0.3 is 37.6 Å². The first-order chi connectivity index (χ1) is 19.8. The summed E-state index contributed by atoms with van der Waals surface area (Å²) in [5.74, 6) is -4.17. The summed E-state index contributed by atoms with van der Waals surface area (Å²) >= 11 is 0. The molecule has 1 aromatic carbocycles. The first-order valence-electron chi connectivity index (χ1n) is 14.1. The van der Waals surface area contributed by atoms with Crippen molar-refractivity contribution in [3.8, 4) is 0 Å². The maximum Gasteiger partial charge on any atom is 0.246 e. The van der Waals surface area contributed by atoms with E-state index < -0.39 is 64.9 Å². The monoisotopic (exact) mass is 590 g/mol. The number of rotatable bonds is 9. The summed E-state index contributed by atoms with van der Waals surface area (Å²) in [6.45, 7) is 6.70. The predicted molar refractivity (Wildman–Crippen MR) is 154 cm³/mol. The van der Waals surface area contributed by atoms with E-state index in [1.807, 2.05) is 0 Å². The zero-order valence-corrected chi connectivity index (χ0v) is 24.6. The van der Waals surface area contributed by atoms with E-state index >= 15 is 0 Å². The van der Waals surface area contributed by atoms with Crippen LogP contribution < -0.4 is 37.6 Å². The largest absolute Gasteiger partial charge is 0.370 e. The molecule has 14 heteroatoms. The molecule has 0 aliphatic carbocycles. The van der Waals surface area contributed by atoms with Crippen molar-refractivity contribution in [3.63, 3.8) is 0 Å². The van der Waals surface area contributed by atoms with Gasteiger partial charge in [-0.25, -0.2) is 4.39 Å². The molecule has 4 atom stereocenters. The van der Waals surface area contributed by atoms with Crippen molar-refractivity contribution in [3.05, 3.63) is 35.6 Å². The lowest BCUT2D eigenvalue weighted by atomic mass is 9.94. The molecule has 1 fully saturated rings. The third-order valence-corrected chi connectivity index (χ3v) is 7.01. The summed E-state index contributed by atoms with van der Waals surface area (Å²) < 4.78 is 14.4. The number of hydrogen-bond acceptors (Lipinski definition) is 6. The summed E-state index contributed by atoms with van der Waals surface area (Å²) in [5, 5.41) is 23.4. The van der Waals surface area contributed by atoms with E-state index in [4.69, 9.17) is 11.1 Å². The van der Waals surface area contributed by atoms with Gasteiger partial charge in [0.1, 0.15) is 29.5 Å². The summed E-state index contributed by atoms with van der Waals surface area (Å²) in [6.07, 6.45) is 0.456. The van der Waals surface area contributed by atoms with Crippen LogP contribution >= 0.6 is 0 Å². The van der Waals surface area contributed by atoms with E-state index in [9.17, 15) is 28.4 Å². The Bertz CT molecular complexity index is 1160. The molecule has 1 aromatic rings. The average Bonchev–Trinajstić information content (AvgIpc) is 2.92. The molecule has 0 spiro atoms.